The summed E-state index contributed by atoms with van der Waals surface area (Å²) in [5.74, 6) is 0. The first kappa shape index (κ1) is 14.7. The predicted octanol–water partition coefficient (Wildman–Crippen LogP) is 2.61. The summed E-state index contributed by atoms with van der Waals surface area (Å²) in [6.07, 6.45) is 0.891. The van der Waals surface area contributed by atoms with Gasteiger partial charge in [0.05, 0.1) is 10.4 Å². The third-order valence-corrected chi connectivity index (χ3v) is 7.03. The van der Waals surface area contributed by atoms with Crippen LogP contribution in [-0.2, 0) is 10.0 Å². The van der Waals surface area contributed by atoms with Crippen molar-refractivity contribution >= 4 is 48.9 Å². The van der Waals surface area contributed by atoms with Crippen LogP contribution in [0.4, 0.5) is 0 Å². The number of β-amino-alcohol motifs (C(OH)–C–C–N with tert-alkyl or cyclic N) is 1. The van der Waals surface area contributed by atoms with Gasteiger partial charge in [-0.2, -0.15) is 4.31 Å². The molecule has 0 radical (unpaired) electrons. The third kappa shape index (κ3) is 2.76. The highest BCUT2D eigenvalue weighted by Crippen LogP contribution is 2.40. The van der Waals surface area contributed by atoms with Gasteiger partial charge >= 0.3 is 0 Å². The molecule has 0 fully saturated rings. The van der Waals surface area contributed by atoms with Crippen molar-refractivity contribution in [3.05, 3.63) is 16.0 Å². The van der Waals surface area contributed by atoms with Gasteiger partial charge in [0.25, 0.3) is 10.0 Å². The minimum atomic E-state index is -3.48. The van der Waals surface area contributed by atoms with E-state index >= 15 is 0 Å². The van der Waals surface area contributed by atoms with Crippen molar-refractivity contribution in [3.63, 3.8) is 0 Å². The van der Waals surface area contributed by atoms with E-state index in [0.29, 0.717) is 16.4 Å². The van der Waals surface area contributed by atoms with E-state index in [1.807, 2.05) is 0 Å². The van der Waals surface area contributed by atoms with Crippen LogP contribution >= 0.6 is 38.9 Å². The molecule has 8 heteroatoms. The number of nitrogens with zero attached hydrogens (tertiary/aromatic N) is 1. The smallest absolute Gasteiger partial charge is 0.253 e. The SMILES string of the molecule is O=S1(=O)c2sc(Cl)cc2C(O)CN1CCCCBr. The summed E-state index contributed by atoms with van der Waals surface area (Å²) in [7, 11) is -3.48. The number of thiophene rings is 1. The second-order valence-corrected chi connectivity index (χ2v) is 8.68. The maximum atomic E-state index is 12.3. The van der Waals surface area contributed by atoms with E-state index in [9.17, 15) is 13.5 Å². The van der Waals surface area contributed by atoms with E-state index < -0.39 is 16.1 Å². The van der Waals surface area contributed by atoms with Crippen LogP contribution in [0.15, 0.2) is 10.3 Å². The Morgan fingerprint density at radius 1 is 1.56 bits per heavy atom. The molecule has 1 aromatic heterocycles. The second-order valence-electron chi connectivity index (χ2n) is 4.07. The van der Waals surface area contributed by atoms with Gasteiger partial charge in [-0.25, -0.2) is 8.42 Å². The first-order valence-corrected chi connectivity index (χ1v) is 9.26. The quantitative estimate of drug-likeness (QED) is 0.651. The van der Waals surface area contributed by atoms with E-state index in [1.165, 1.54) is 4.31 Å². The van der Waals surface area contributed by atoms with Gasteiger partial charge < -0.3 is 5.11 Å². The van der Waals surface area contributed by atoms with Crippen molar-refractivity contribution in [3.8, 4) is 0 Å². The van der Waals surface area contributed by atoms with Crippen LogP contribution in [0.1, 0.15) is 24.5 Å². The molecular weight excluding hydrogens is 362 g/mol. The maximum Gasteiger partial charge on any atom is 0.253 e. The zero-order valence-electron chi connectivity index (χ0n) is 9.47. The van der Waals surface area contributed by atoms with Crippen molar-refractivity contribution in [2.75, 3.05) is 18.4 Å². The lowest BCUT2D eigenvalue weighted by atomic mass is 10.2. The Morgan fingerprint density at radius 2 is 2.28 bits per heavy atom. The molecule has 1 aliphatic rings. The molecule has 0 aromatic carbocycles. The van der Waals surface area contributed by atoms with E-state index in [-0.39, 0.29) is 10.8 Å². The number of hydrogen-bond acceptors (Lipinski definition) is 4. The number of fused-ring (bicyclic) bond motifs is 1. The van der Waals surface area contributed by atoms with Crippen molar-refractivity contribution in [2.24, 2.45) is 0 Å². The lowest BCUT2D eigenvalue weighted by Crippen LogP contribution is -2.39. The molecule has 0 amide bonds. The Balaban J connectivity index is 2.27. The third-order valence-electron chi connectivity index (χ3n) is 2.80. The molecule has 102 valence electrons. The Morgan fingerprint density at radius 3 is 2.94 bits per heavy atom. The summed E-state index contributed by atoms with van der Waals surface area (Å²) in [4.78, 5) is 0. The predicted molar refractivity (Wildman–Crippen MR) is 76.1 cm³/mol. The van der Waals surface area contributed by atoms with Crippen LogP contribution in [0.25, 0.3) is 0 Å². The zero-order valence-corrected chi connectivity index (χ0v) is 13.4. The lowest BCUT2D eigenvalue weighted by Gasteiger charge is -2.29. The molecule has 1 N–H and O–H groups in total. The van der Waals surface area contributed by atoms with Gasteiger partial charge in [0.2, 0.25) is 0 Å². The van der Waals surface area contributed by atoms with E-state index in [1.54, 1.807) is 6.07 Å². The van der Waals surface area contributed by atoms with Crippen molar-refractivity contribution in [1.29, 1.82) is 0 Å². The molecule has 18 heavy (non-hydrogen) atoms. The first-order valence-electron chi connectivity index (χ1n) is 5.50. The highest BCUT2D eigenvalue weighted by Gasteiger charge is 2.37. The minimum absolute atomic E-state index is 0.116. The first-order chi connectivity index (χ1) is 8.46. The summed E-state index contributed by atoms with van der Waals surface area (Å²) in [5, 5.41) is 10.8. The summed E-state index contributed by atoms with van der Waals surface area (Å²) >= 11 is 10.2. The normalized spacial score (nSPS) is 22.9. The molecule has 1 aliphatic heterocycles. The number of hydrogen-bond donors (Lipinski definition) is 1. The monoisotopic (exact) mass is 373 g/mol. The van der Waals surface area contributed by atoms with E-state index in [0.717, 1.165) is 29.5 Å². The summed E-state index contributed by atoms with van der Waals surface area (Å²) in [6, 6.07) is 1.54. The number of sulfonamides is 1. The highest BCUT2D eigenvalue weighted by atomic mass is 79.9. The number of unbranched alkanes of at least 4 members (excludes halogenated alkanes) is 1. The molecule has 1 aromatic rings. The largest absolute Gasteiger partial charge is 0.387 e. The average Bonchev–Trinajstić information content (AvgIpc) is 2.70. The van der Waals surface area contributed by atoms with E-state index in [2.05, 4.69) is 15.9 Å². The van der Waals surface area contributed by atoms with Crippen LogP contribution < -0.4 is 0 Å². The molecule has 1 atom stereocenters. The molecule has 0 saturated carbocycles. The van der Waals surface area contributed by atoms with Crippen LogP contribution in [-0.4, -0.2) is 36.2 Å². The van der Waals surface area contributed by atoms with Crippen LogP contribution in [0, 0.1) is 0 Å². The second kappa shape index (κ2) is 5.76. The van der Waals surface area contributed by atoms with Gasteiger partial charge in [-0.15, -0.1) is 11.3 Å². The van der Waals surface area contributed by atoms with Gasteiger partial charge in [0.15, 0.2) is 0 Å². The van der Waals surface area contributed by atoms with Gasteiger partial charge in [-0.1, -0.05) is 27.5 Å². The number of alkyl halides is 1. The molecule has 0 aliphatic carbocycles. The molecule has 2 rings (SSSR count). The fraction of sp³-hybridized carbons (Fsp3) is 0.600. The Hall–Kier alpha value is 0.340. The fourth-order valence-electron chi connectivity index (χ4n) is 1.89. The van der Waals surface area contributed by atoms with Gasteiger partial charge in [-0.3, -0.25) is 0 Å². The van der Waals surface area contributed by atoms with Gasteiger partial charge in [0.1, 0.15) is 4.21 Å². The molecule has 2 heterocycles. The van der Waals surface area contributed by atoms with Crippen LogP contribution in [0.5, 0.6) is 0 Å². The van der Waals surface area contributed by atoms with Crippen molar-refractivity contribution in [2.45, 2.75) is 23.2 Å². The van der Waals surface area contributed by atoms with Gasteiger partial charge in [0, 0.05) is 24.0 Å². The standard InChI is InChI=1S/C10H13BrClNO3S2/c11-3-1-2-4-13-6-8(14)7-5-9(12)17-10(7)18(13,15)16/h5,8,14H,1-4,6H2. The van der Waals surface area contributed by atoms with Gasteiger partial charge in [-0.05, 0) is 18.9 Å². The minimum Gasteiger partial charge on any atom is -0.387 e. The van der Waals surface area contributed by atoms with Crippen molar-refractivity contribution < 1.29 is 13.5 Å². The van der Waals surface area contributed by atoms with Crippen LogP contribution in [0.2, 0.25) is 4.34 Å². The van der Waals surface area contributed by atoms with Crippen molar-refractivity contribution in [1.82, 2.24) is 4.31 Å². The Labute approximate surface area is 124 Å². The maximum absolute atomic E-state index is 12.3. The summed E-state index contributed by atoms with van der Waals surface area (Å²) < 4.78 is 26.5. The molecule has 1 unspecified atom stereocenters. The molecule has 4 nitrogen and oxygen atoms in total. The Bertz CT molecular complexity index is 531. The number of halogens is 2. The number of aliphatic hydroxyl groups is 1. The molecule has 0 spiro atoms. The highest BCUT2D eigenvalue weighted by molar-refractivity contribution is 9.09. The molecule has 0 bridgehead atoms. The molecule has 0 saturated heterocycles. The zero-order chi connectivity index (χ0) is 13.3. The average molecular weight is 375 g/mol. The molecular formula is C10H13BrClNO3S2. The number of rotatable bonds is 4. The lowest BCUT2D eigenvalue weighted by molar-refractivity contribution is 0.139. The topological polar surface area (TPSA) is 57.6 Å². The van der Waals surface area contributed by atoms with Crippen LogP contribution in [0.3, 0.4) is 0 Å². The summed E-state index contributed by atoms with van der Waals surface area (Å²) in [6.45, 7) is 0.546. The van der Waals surface area contributed by atoms with E-state index in [4.69, 9.17) is 11.6 Å². The summed E-state index contributed by atoms with van der Waals surface area (Å²) in [5.41, 5.74) is 0.432. The fourth-order valence-corrected chi connectivity index (χ4v) is 5.89. The Kier molecular flexibility index (Phi) is 4.72. The number of aliphatic hydroxyl groups excluding tert-OH is 1.